The van der Waals surface area contributed by atoms with Crippen molar-refractivity contribution in [3.63, 3.8) is 0 Å². The summed E-state index contributed by atoms with van der Waals surface area (Å²) >= 11 is 11.7. The van der Waals surface area contributed by atoms with Gasteiger partial charge >= 0.3 is 0 Å². The number of nitrogens with one attached hydrogen (secondary N) is 1. The third kappa shape index (κ3) is 5.09. The molecule has 0 aromatic heterocycles. The van der Waals surface area contributed by atoms with Crippen molar-refractivity contribution in [2.45, 2.75) is 19.8 Å². The van der Waals surface area contributed by atoms with Gasteiger partial charge in [0.2, 0.25) is 0 Å². The van der Waals surface area contributed by atoms with Gasteiger partial charge in [0, 0.05) is 11.6 Å². The summed E-state index contributed by atoms with van der Waals surface area (Å²) in [7, 11) is 0. The summed E-state index contributed by atoms with van der Waals surface area (Å²) < 4.78 is 5.27. The number of halogens is 2. The van der Waals surface area contributed by atoms with Gasteiger partial charge in [-0.2, -0.15) is 0 Å². The van der Waals surface area contributed by atoms with Gasteiger partial charge in [-0.25, -0.2) is 0 Å². The number of benzene rings is 1. The number of ether oxygens (including phenoxy) is 1. The summed E-state index contributed by atoms with van der Waals surface area (Å²) in [5, 5.41) is 3.25. The van der Waals surface area contributed by atoms with E-state index in [0.29, 0.717) is 17.9 Å². The Bertz CT molecular complexity index is 463. The number of rotatable bonds is 7. The minimum Gasteiger partial charge on any atom is -0.481 e. The van der Waals surface area contributed by atoms with E-state index < -0.39 is 0 Å². The molecule has 0 aliphatic heterocycles. The van der Waals surface area contributed by atoms with E-state index in [0.717, 1.165) is 12.8 Å². The van der Waals surface area contributed by atoms with Crippen molar-refractivity contribution in [1.29, 1.82) is 0 Å². The van der Waals surface area contributed by atoms with Crippen LogP contribution < -0.4 is 10.1 Å². The summed E-state index contributed by atoms with van der Waals surface area (Å²) in [6.07, 6.45) is 2.49. The Morgan fingerprint density at radius 1 is 1.42 bits per heavy atom. The van der Waals surface area contributed by atoms with Crippen molar-refractivity contribution >= 4 is 35.4 Å². The second-order valence-electron chi connectivity index (χ2n) is 3.92. The molecule has 0 radical (unpaired) electrons. The zero-order valence-electron chi connectivity index (χ0n) is 10.5. The molecular weight excluding hydrogens is 289 g/mol. The summed E-state index contributed by atoms with van der Waals surface area (Å²) in [5.74, 6) is -0.0805. The summed E-state index contributed by atoms with van der Waals surface area (Å²) in [5.41, 5.74) is 0.221. The van der Waals surface area contributed by atoms with E-state index in [1.54, 1.807) is 0 Å². The second-order valence-corrected chi connectivity index (χ2v) is 4.76. The summed E-state index contributed by atoms with van der Waals surface area (Å²) in [4.78, 5) is 22.4. The van der Waals surface area contributed by atoms with Gasteiger partial charge in [-0.15, -0.1) is 0 Å². The summed E-state index contributed by atoms with van der Waals surface area (Å²) in [6, 6.07) is 2.89. The molecule has 1 amide bonds. The Balaban J connectivity index is 2.62. The molecule has 1 aromatic carbocycles. The van der Waals surface area contributed by atoms with E-state index in [1.165, 1.54) is 12.1 Å². The van der Waals surface area contributed by atoms with E-state index >= 15 is 0 Å². The minimum absolute atomic E-state index is 0.173. The van der Waals surface area contributed by atoms with Crippen LogP contribution in [0.15, 0.2) is 12.1 Å². The first-order valence-corrected chi connectivity index (χ1v) is 6.67. The van der Waals surface area contributed by atoms with Gasteiger partial charge in [0.05, 0.1) is 10.6 Å². The quantitative estimate of drug-likeness (QED) is 0.622. The lowest BCUT2D eigenvalue weighted by molar-refractivity contribution is -0.123. The average Bonchev–Trinajstić information content (AvgIpc) is 2.37. The molecule has 19 heavy (non-hydrogen) atoms. The van der Waals surface area contributed by atoms with E-state index in [1.807, 2.05) is 6.92 Å². The lowest BCUT2D eigenvalue weighted by atomic mass is 10.2. The number of aldehydes is 1. The highest BCUT2D eigenvalue weighted by molar-refractivity contribution is 6.36. The fourth-order valence-electron chi connectivity index (χ4n) is 1.41. The molecule has 4 nitrogen and oxygen atoms in total. The number of amides is 1. The third-order valence-corrected chi connectivity index (χ3v) is 2.86. The van der Waals surface area contributed by atoms with Crippen LogP contribution in [0.2, 0.25) is 10.0 Å². The molecule has 6 heteroatoms. The lowest BCUT2D eigenvalue weighted by Gasteiger charge is -2.10. The molecule has 0 heterocycles. The zero-order chi connectivity index (χ0) is 14.3. The highest BCUT2D eigenvalue weighted by atomic mass is 35.5. The Hall–Kier alpha value is -1.26. The average molecular weight is 304 g/mol. The Labute approximate surface area is 122 Å². The Morgan fingerprint density at radius 3 is 2.79 bits per heavy atom. The van der Waals surface area contributed by atoms with Crippen LogP contribution in [0.4, 0.5) is 0 Å². The van der Waals surface area contributed by atoms with Crippen molar-refractivity contribution in [2.24, 2.45) is 0 Å². The van der Waals surface area contributed by atoms with E-state index in [2.05, 4.69) is 5.32 Å². The first kappa shape index (κ1) is 15.8. The van der Waals surface area contributed by atoms with Gasteiger partial charge in [-0.05, 0) is 18.6 Å². The van der Waals surface area contributed by atoms with Crippen molar-refractivity contribution in [1.82, 2.24) is 5.32 Å². The van der Waals surface area contributed by atoms with Gasteiger partial charge in [0.1, 0.15) is 5.75 Å². The molecule has 104 valence electrons. The van der Waals surface area contributed by atoms with Crippen molar-refractivity contribution in [3.8, 4) is 5.75 Å². The van der Waals surface area contributed by atoms with Crippen LogP contribution in [0.1, 0.15) is 30.1 Å². The Kier molecular flexibility index (Phi) is 6.67. The largest absolute Gasteiger partial charge is 0.481 e. The molecule has 1 rings (SSSR count). The first-order valence-electron chi connectivity index (χ1n) is 5.92. The molecule has 0 spiro atoms. The van der Waals surface area contributed by atoms with Crippen LogP contribution in [0.5, 0.6) is 5.75 Å². The fourth-order valence-corrected chi connectivity index (χ4v) is 1.98. The molecule has 0 bridgehead atoms. The monoisotopic (exact) mass is 303 g/mol. The van der Waals surface area contributed by atoms with Gasteiger partial charge in [0.15, 0.2) is 12.9 Å². The van der Waals surface area contributed by atoms with Crippen molar-refractivity contribution in [2.75, 3.05) is 13.2 Å². The molecule has 1 N–H and O–H groups in total. The number of hydrogen-bond acceptors (Lipinski definition) is 3. The van der Waals surface area contributed by atoms with Gasteiger partial charge in [0.25, 0.3) is 5.91 Å². The van der Waals surface area contributed by atoms with Crippen LogP contribution in [0.3, 0.4) is 0 Å². The standard InChI is InChI=1S/C13H15Cl2NO3/c1-2-3-4-16-12(18)8-19-13-9(7-17)5-10(14)6-11(13)15/h5-7H,2-4,8H2,1H3,(H,16,18). The molecule has 1 aromatic rings. The lowest BCUT2D eigenvalue weighted by Crippen LogP contribution is -2.29. The van der Waals surface area contributed by atoms with Crippen LogP contribution in [-0.2, 0) is 4.79 Å². The summed E-state index contributed by atoms with van der Waals surface area (Å²) in [6.45, 7) is 2.45. The normalized spacial score (nSPS) is 10.1. The van der Waals surface area contributed by atoms with Gasteiger partial charge in [-0.3, -0.25) is 9.59 Å². The van der Waals surface area contributed by atoms with Crippen LogP contribution in [-0.4, -0.2) is 25.3 Å². The topological polar surface area (TPSA) is 55.4 Å². The molecule has 0 saturated heterocycles. The van der Waals surface area contributed by atoms with Gasteiger partial charge < -0.3 is 10.1 Å². The maximum atomic E-state index is 11.5. The molecule has 0 unspecified atom stereocenters. The highest BCUT2D eigenvalue weighted by Gasteiger charge is 2.12. The number of carbonyl (C=O) groups is 2. The van der Waals surface area contributed by atoms with Crippen molar-refractivity contribution < 1.29 is 14.3 Å². The highest BCUT2D eigenvalue weighted by Crippen LogP contribution is 2.31. The number of hydrogen-bond donors (Lipinski definition) is 1. The Morgan fingerprint density at radius 2 is 2.16 bits per heavy atom. The first-order chi connectivity index (χ1) is 9.08. The van der Waals surface area contributed by atoms with E-state index in [9.17, 15) is 9.59 Å². The smallest absolute Gasteiger partial charge is 0.257 e. The fraction of sp³-hybridized carbons (Fsp3) is 0.385. The number of carbonyl (C=O) groups excluding carboxylic acids is 2. The maximum absolute atomic E-state index is 11.5. The predicted molar refractivity (Wildman–Crippen MR) is 75.3 cm³/mol. The molecule has 0 aliphatic rings. The van der Waals surface area contributed by atoms with Crippen molar-refractivity contribution in [3.05, 3.63) is 27.7 Å². The third-order valence-electron chi connectivity index (χ3n) is 2.36. The molecule has 0 aliphatic carbocycles. The number of unbranched alkanes of at least 4 members (excludes halogenated alkanes) is 1. The molecule has 0 saturated carbocycles. The van der Waals surface area contributed by atoms with Crippen LogP contribution in [0, 0.1) is 0 Å². The predicted octanol–water partition coefficient (Wildman–Crippen LogP) is 3.10. The second kappa shape index (κ2) is 8.02. The maximum Gasteiger partial charge on any atom is 0.257 e. The zero-order valence-corrected chi connectivity index (χ0v) is 12.1. The molecule has 0 atom stereocenters. The molecule has 0 fully saturated rings. The van der Waals surface area contributed by atoms with Crippen LogP contribution >= 0.6 is 23.2 Å². The van der Waals surface area contributed by atoms with Gasteiger partial charge in [-0.1, -0.05) is 36.5 Å². The van der Waals surface area contributed by atoms with E-state index in [4.69, 9.17) is 27.9 Å². The molecular formula is C13H15Cl2NO3. The SMILES string of the molecule is CCCCNC(=O)COc1c(Cl)cc(Cl)cc1C=O. The minimum atomic E-state index is -0.253. The van der Waals surface area contributed by atoms with Crippen LogP contribution in [0.25, 0.3) is 0 Å². The van der Waals surface area contributed by atoms with E-state index in [-0.39, 0.29) is 28.8 Å².